The van der Waals surface area contributed by atoms with Gasteiger partial charge in [-0.25, -0.2) is 9.59 Å². The molecule has 0 amide bonds. The van der Waals surface area contributed by atoms with E-state index in [1.165, 1.54) is 30.3 Å². The smallest absolute Gasteiger partial charge is 0.336 e. The average Bonchev–Trinajstić information content (AvgIpc) is 3.12. The largest absolute Gasteiger partial charge is 0.506 e. The molecule has 0 spiro atoms. The zero-order valence-electron chi connectivity index (χ0n) is 29.3. The van der Waals surface area contributed by atoms with Gasteiger partial charge in [0.15, 0.2) is 11.6 Å². The molecule has 4 aromatic rings. The second kappa shape index (κ2) is 12.8. The van der Waals surface area contributed by atoms with Crippen molar-refractivity contribution in [2.24, 2.45) is 0 Å². The van der Waals surface area contributed by atoms with E-state index >= 15 is 0 Å². The first-order valence-electron chi connectivity index (χ1n) is 16.7. The molecule has 0 saturated carbocycles. The van der Waals surface area contributed by atoms with Gasteiger partial charge in [-0.15, -0.1) is 0 Å². The number of Topliss-reactive ketones (excluding diaryl/α,β-unsaturated/α-hetero) is 4. The first-order chi connectivity index (χ1) is 24.5. The highest BCUT2D eigenvalue weighted by atomic mass is 16.4. The first kappa shape index (κ1) is 35.6. The maximum Gasteiger partial charge on any atom is 0.336 e. The third-order valence-electron chi connectivity index (χ3n) is 10.4. The molecular weight excluding hydrogens is 660 g/mol. The molecular formula is C43H36O9. The number of allylic oxidation sites excluding steroid dienone is 3. The van der Waals surface area contributed by atoms with Crippen LogP contribution in [0.4, 0.5) is 0 Å². The number of rotatable bonds is 4. The van der Waals surface area contributed by atoms with Crippen LogP contribution in [0.2, 0.25) is 0 Å². The van der Waals surface area contributed by atoms with Crippen LogP contribution in [0, 0.1) is 0 Å². The molecule has 0 aliphatic heterocycles. The van der Waals surface area contributed by atoms with Gasteiger partial charge in [-0.05, 0) is 77.6 Å². The highest BCUT2D eigenvalue weighted by molar-refractivity contribution is 6.62. The Labute approximate surface area is 299 Å². The molecule has 9 heteroatoms. The number of fused-ring (bicyclic) bond motifs is 3. The van der Waals surface area contributed by atoms with Crippen LogP contribution >= 0.6 is 0 Å². The van der Waals surface area contributed by atoms with Gasteiger partial charge in [0.1, 0.15) is 5.76 Å². The molecule has 0 bridgehead atoms. The van der Waals surface area contributed by atoms with Crippen molar-refractivity contribution in [3.63, 3.8) is 0 Å². The molecule has 52 heavy (non-hydrogen) atoms. The van der Waals surface area contributed by atoms with Crippen LogP contribution in [0.25, 0.3) is 16.9 Å². The van der Waals surface area contributed by atoms with Crippen molar-refractivity contribution in [3.8, 4) is 0 Å². The molecule has 0 saturated heterocycles. The standard InChI is InChI=1S/C25H24O5.C18H12O4/c1-24(2)9-10-25(3,4)18-12-16-15(11-17(18)24)20(26)19(22(28)21(16)27)13-5-7-14(8-6-13)23(29)30;1-10-15(11-6-2-5-9-14(11)18(21)22)17(20)13-8-4-3-7-12(13)16(10)19/h5-8,11-12,26H,9-10H2,1-4H3,(H,29,30);2-9H,1H3,(H,21,22). The maximum absolute atomic E-state index is 13.0. The summed E-state index contributed by atoms with van der Waals surface area (Å²) >= 11 is 0. The van der Waals surface area contributed by atoms with Gasteiger partial charge in [0.2, 0.25) is 11.6 Å². The van der Waals surface area contributed by atoms with Gasteiger partial charge in [0.05, 0.1) is 16.7 Å². The van der Waals surface area contributed by atoms with E-state index < -0.39 is 23.5 Å². The second-order valence-electron chi connectivity index (χ2n) is 14.5. The lowest BCUT2D eigenvalue weighted by molar-refractivity contribution is -0.110. The highest BCUT2D eigenvalue weighted by Gasteiger charge is 2.41. The van der Waals surface area contributed by atoms with Gasteiger partial charge >= 0.3 is 11.9 Å². The fraction of sp³-hybridized carbons (Fsp3) is 0.209. The zero-order valence-corrected chi connectivity index (χ0v) is 29.3. The van der Waals surface area contributed by atoms with Crippen molar-refractivity contribution in [1.29, 1.82) is 0 Å². The van der Waals surface area contributed by atoms with Gasteiger partial charge in [0.25, 0.3) is 0 Å². The minimum atomic E-state index is -1.13. The predicted octanol–water partition coefficient (Wildman–Crippen LogP) is 8.16. The van der Waals surface area contributed by atoms with E-state index in [2.05, 4.69) is 27.7 Å². The maximum atomic E-state index is 13.0. The van der Waals surface area contributed by atoms with Crippen LogP contribution in [-0.2, 0) is 15.6 Å². The Bertz CT molecular complexity index is 2330. The molecule has 262 valence electrons. The minimum Gasteiger partial charge on any atom is -0.506 e. The number of aliphatic hydroxyl groups is 1. The molecule has 0 fully saturated rings. The topological polar surface area (TPSA) is 163 Å². The Morgan fingerprint density at radius 1 is 0.558 bits per heavy atom. The first-order valence-corrected chi connectivity index (χ1v) is 16.7. The molecule has 0 atom stereocenters. The van der Waals surface area contributed by atoms with Crippen molar-refractivity contribution in [3.05, 3.63) is 146 Å². The van der Waals surface area contributed by atoms with Crippen molar-refractivity contribution >= 4 is 52.0 Å². The number of benzene rings is 4. The van der Waals surface area contributed by atoms with E-state index in [4.69, 9.17) is 5.11 Å². The van der Waals surface area contributed by atoms with Crippen LogP contribution < -0.4 is 0 Å². The van der Waals surface area contributed by atoms with Gasteiger partial charge in [-0.1, -0.05) is 82.3 Å². The lowest BCUT2D eigenvalue weighted by Crippen LogP contribution is -2.35. The molecule has 3 aliphatic rings. The normalized spacial score (nSPS) is 17.1. The molecule has 3 aliphatic carbocycles. The van der Waals surface area contributed by atoms with E-state index in [0.29, 0.717) is 22.3 Å². The summed E-state index contributed by atoms with van der Waals surface area (Å²) in [5.41, 5.74) is 4.17. The van der Waals surface area contributed by atoms with Gasteiger partial charge in [0, 0.05) is 39.0 Å². The monoisotopic (exact) mass is 696 g/mol. The number of ketones is 4. The predicted molar refractivity (Wildman–Crippen MR) is 195 cm³/mol. The van der Waals surface area contributed by atoms with Crippen molar-refractivity contribution in [2.45, 2.75) is 58.3 Å². The van der Waals surface area contributed by atoms with E-state index in [1.54, 1.807) is 55.5 Å². The number of carboxylic acids is 2. The van der Waals surface area contributed by atoms with Crippen LogP contribution in [0.1, 0.15) is 127 Å². The van der Waals surface area contributed by atoms with E-state index in [1.807, 2.05) is 6.07 Å². The number of aromatic carboxylic acids is 2. The molecule has 0 aromatic heterocycles. The fourth-order valence-electron chi connectivity index (χ4n) is 7.23. The Hall–Kier alpha value is -6.22. The van der Waals surface area contributed by atoms with E-state index in [0.717, 1.165) is 24.0 Å². The number of hydrogen-bond donors (Lipinski definition) is 3. The lowest BCUT2D eigenvalue weighted by Gasteiger charge is -2.42. The van der Waals surface area contributed by atoms with E-state index in [9.17, 15) is 39.0 Å². The van der Waals surface area contributed by atoms with Crippen LogP contribution in [0.15, 0.2) is 90.5 Å². The molecule has 0 radical (unpaired) electrons. The Morgan fingerprint density at radius 3 is 1.60 bits per heavy atom. The minimum absolute atomic E-state index is 0.0115. The van der Waals surface area contributed by atoms with Gasteiger partial charge < -0.3 is 15.3 Å². The summed E-state index contributed by atoms with van der Waals surface area (Å²) in [6, 6.07) is 22.0. The molecule has 4 aromatic carbocycles. The summed E-state index contributed by atoms with van der Waals surface area (Å²) in [6.07, 6.45) is 1.95. The molecule has 3 N–H and O–H groups in total. The van der Waals surface area contributed by atoms with E-state index in [-0.39, 0.29) is 67.1 Å². The number of carboxylic acid groups (broad SMARTS) is 2. The fourth-order valence-corrected chi connectivity index (χ4v) is 7.23. The SMILES string of the molecule is CC1(C)CCC(C)(C)c2cc3c(cc21)C(=O)C(=O)C(c1ccc(C(=O)O)cc1)=C3O.CC1=C(c2ccccc2C(=O)O)C(=O)c2ccccc2C1=O. The van der Waals surface area contributed by atoms with Crippen molar-refractivity contribution < 1.29 is 44.1 Å². The summed E-state index contributed by atoms with van der Waals surface area (Å²) in [5, 5.41) is 29.4. The molecule has 0 heterocycles. The third kappa shape index (κ3) is 5.88. The average molecular weight is 697 g/mol. The molecule has 0 unspecified atom stereocenters. The van der Waals surface area contributed by atoms with Crippen molar-refractivity contribution in [1.82, 2.24) is 0 Å². The van der Waals surface area contributed by atoms with Crippen LogP contribution in [0.5, 0.6) is 0 Å². The summed E-state index contributed by atoms with van der Waals surface area (Å²) < 4.78 is 0. The second-order valence-corrected chi connectivity index (χ2v) is 14.5. The number of carbonyl (C=O) groups is 6. The quantitative estimate of drug-likeness (QED) is 0.179. The van der Waals surface area contributed by atoms with Gasteiger partial charge in [-0.3, -0.25) is 19.2 Å². The van der Waals surface area contributed by atoms with Crippen molar-refractivity contribution in [2.75, 3.05) is 0 Å². The molecule has 7 rings (SSSR count). The number of aliphatic hydroxyl groups excluding tert-OH is 1. The van der Waals surface area contributed by atoms with Crippen LogP contribution in [0.3, 0.4) is 0 Å². The zero-order chi connectivity index (χ0) is 37.9. The van der Waals surface area contributed by atoms with Crippen LogP contribution in [-0.4, -0.2) is 50.4 Å². The third-order valence-corrected chi connectivity index (χ3v) is 10.4. The highest BCUT2D eigenvalue weighted by Crippen LogP contribution is 2.48. The van der Waals surface area contributed by atoms with Gasteiger partial charge in [-0.2, -0.15) is 0 Å². The summed E-state index contributed by atoms with van der Waals surface area (Å²) in [4.78, 5) is 73.6. The lowest BCUT2D eigenvalue weighted by atomic mass is 9.62. The summed E-state index contributed by atoms with van der Waals surface area (Å²) in [6.45, 7) is 10.1. The number of carbonyl (C=O) groups excluding carboxylic acids is 4. The Kier molecular flexibility index (Phi) is 8.79. The summed E-state index contributed by atoms with van der Waals surface area (Å²) in [7, 11) is 0. The Morgan fingerprint density at radius 2 is 1.06 bits per heavy atom. The summed E-state index contributed by atoms with van der Waals surface area (Å²) in [5.74, 6) is -4.45. The molecule has 9 nitrogen and oxygen atoms in total. The Balaban J connectivity index is 0.000000187. The number of hydrogen-bond acceptors (Lipinski definition) is 7.